The monoisotopic (exact) mass is 162 g/mol. The standard InChI is InChI=1S/C11H14O/c1-2-6-10-8(4-1)9-5-3-7-11(9)12-10/h2,5-6,8,10-11H,1,3-4,7H2. The SMILES string of the molecule is C1=CC2OC3CCC=C3C2CC1. The van der Waals surface area contributed by atoms with Crippen molar-refractivity contribution in [3.63, 3.8) is 0 Å². The summed E-state index contributed by atoms with van der Waals surface area (Å²) >= 11 is 0. The summed E-state index contributed by atoms with van der Waals surface area (Å²) in [7, 11) is 0. The maximum absolute atomic E-state index is 5.93. The van der Waals surface area contributed by atoms with E-state index in [1.165, 1.54) is 25.7 Å². The van der Waals surface area contributed by atoms with Crippen LogP contribution < -0.4 is 0 Å². The molecule has 3 atom stereocenters. The predicted octanol–water partition coefficient (Wildman–Crippen LogP) is 2.44. The molecular weight excluding hydrogens is 148 g/mol. The topological polar surface area (TPSA) is 9.23 Å². The van der Waals surface area contributed by atoms with Gasteiger partial charge in [0.25, 0.3) is 0 Å². The zero-order chi connectivity index (χ0) is 7.97. The minimum Gasteiger partial charge on any atom is -0.366 e. The van der Waals surface area contributed by atoms with Crippen LogP contribution >= 0.6 is 0 Å². The van der Waals surface area contributed by atoms with Crippen molar-refractivity contribution in [1.82, 2.24) is 0 Å². The van der Waals surface area contributed by atoms with Crippen molar-refractivity contribution in [3.8, 4) is 0 Å². The van der Waals surface area contributed by atoms with E-state index in [9.17, 15) is 0 Å². The third-order valence-corrected chi connectivity index (χ3v) is 3.30. The van der Waals surface area contributed by atoms with Crippen molar-refractivity contribution in [2.45, 2.75) is 37.9 Å². The molecule has 2 aliphatic carbocycles. The molecule has 3 rings (SSSR count). The predicted molar refractivity (Wildman–Crippen MR) is 47.8 cm³/mol. The molecule has 0 bridgehead atoms. The first-order chi connectivity index (χ1) is 5.95. The van der Waals surface area contributed by atoms with Crippen LogP contribution in [0.1, 0.15) is 25.7 Å². The van der Waals surface area contributed by atoms with E-state index in [1.54, 1.807) is 5.57 Å². The third-order valence-electron chi connectivity index (χ3n) is 3.30. The van der Waals surface area contributed by atoms with E-state index in [-0.39, 0.29) is 0 Å². The van der Waals surface area contributed by atoms with E-state index < -0.39 is 0 Å². The first-order valence-electron chi connectivity index (χ1n) is 4.97. The first kappa shape index (κ1) is 6.90. The molecule has 0 N–H and O–H groups in total. The van der Waals surface area contributed by atoms with Crippen LogP contribution in [0.25, 0.3) is 0 Å². The molecule has 0 spiro atoms. The second-order valence-electron chi connectivity index (χ2n) is 3.98. The smallest absolute Gasteiger partial charge is 0.0830 e. The Balaban J connectivity index is 1.94. The summed E-state index contributed by atoms with van der Waals surface area (Å²) in [6.45, 7) is 0. The van der Waals surface area contributed by atoms with Gasteiger partial charge in [-0.15, -0.1) is 0 Å². The Morgan fingerprint density at radius 3 is 3.25 bits per heavy atom. The fraction of sp³-hybridized carbons (Fsp3) is 0.636. The van der Waals surface area contributed by atoms with Crippen LogP contribution in [0.2, 0.25) is 0 Å². The number of fused-ring (bicyclic) bond motifs is 3. The zero-order valence-electron chi connectivity index (χ0n) is 7.20. The molecule has 1 saturated heterocycles. The maximum atomic E-state index is 5.93. The van der Waals surface area contributed by atoms with Gasteiger partial charge in [0, 0.05) is 5.92 Å². The molecule has 0 radical (unpaired) electrons. The molecule has 12 heavy (non-hydrogen) atoms. The van der Waals surface area contributed by atoms with Gasteiger partial charge >= 0.3 is 0 Å². The molecule has 1 nitrogen and oxygen atoms in total. The van der Waals surface area contributed by atoms with Crippen LogP contribution in [-0.2, 0) is 4.74 Å². The average Bonchev–Trinajstić information content (AvgIpc) is 2.62. The molecule has 64 valence electrons. The largest absolute Gasteiger partial charge is 0.366 e. The summed E-state index contributed by atoms with van der Waals surface area (Å²) in [6.07, 6.45) is 12.9. The van der Waals surface area contributed by atoms with Gasteiger partial charge in [-0.05, 0) is 31.3 Å². The highest BCUT2D eigenvalue weighted by Crippen LogP contribution is 2.43. The van der Waals surface area contributed by atoms with E-state index >= 15 is 0 Å². The van der Waals surface area contributed by atoms with Crippen molar-refractivity contribution in [3.05, 3.63) is 23.8 Å². The summed E-state index contributed by atoms with van der Waals surface area (Å²) in [5.74, 6) is 0.738. The normalized spacial score (nSPS) is 44.0. The summed E-state index contributed by atoms with van der Waals surface area (Å²) < 4.78 is 5.93. The minimum atomic E-state index is 0.426. The second kappa shape index (κ2) is 2.46. The van der Waals surface area contributed by atoms with E-state index in [1.807, 2.05) is 0 Å². The molecule has 0 aromatic rings. The van der Waals surface area contributed by atoms with Crippen molar-refractivity contribution < 1.29 is 4.74 Å². The lowest BCUT2D eigenvalue weighted by molar-refractivity contribution is 0.0627. The molecule has 1 heterocycles. The van der Waals surface area contributed by atoms with Gasteiger partial charge in [-0.1, -0.05) is 18.2 Å². The van der Waals surface area contributed by atoms with Crippen LogP contribution in [0.5, 0.6) is 0 Å². The second-order valence-corrected chi connectivity index (χ2v) is 3.98. The van der Waals surface area contributed by atoms with Crippen LogP contribution in [0.15, 0.2) is 23.8 Å². The van der Waals surface area contributed by atoms with E-state index in [0.29, 0.717) is 12.2 Å². The molecule has 1 aliphatic heterocycles. The van der Waals surface area contributed by atoms with Gasteiger partial charge in [-0.25, -0.2) is 0 Å². The molecule has 0 aromatic carbocycles. The lowest BCUT2D eigenvalue weighted by Gasteiger charge is -2.18. The van der Waals surface area contributed by atoms with Gasteiger partial charge in [0.1, 0.15) is 0 Å². The Morgan fingerprint density at radius 1 is 1.25 bits per heavy atom. The average molecular weight is 162 g/mol. The van der Waals surface area contributed by atoms with Crippen LogP contribution in [-0.4, -0.2) is 12.2 Å². The molecule has 0 aromatic heterocycles. The number of hydrogen-bond acceptors (Lipinski definition) is 1. The number of hydrogen-bond donors (Lipinski definition) is 0. The Hall–Kier alpha value is -0.560. The highest BCUT2D eigenvalue weighted by Gasteiger charge is 2.40. The Labute approximate surface area is 73.1 Å². The molecule has 0 saturated carbocycles. The quantitative estimate of drug-likeness (QED) is 0.497. The molecular formula is C11H14O. The van der Waals surface area contributed by atoms with Crippen molar-refractivity contribution in [2.24, 2.45) is 5.92 Å². The van der Waals surface area contributed by atoms with Crippen LogP contribution in [0.3, 0.4) is 0 Å². The van der Waals surface area contributed by atoms with E-state index in [4.69, 9.17) is 4.74 Å². The minimum absolute atomic E-state index is 0.426. The highest BCUT2D eigenvalue weighted by molar-refractivity contribution is 5.27. The van der Waals surface area contributed by atoms with Gasteiger partial charge in [0.15, 0.2) is 0 Å². The molecule has 3 unspecified atom stereocenters. The third kappa shape index (κ3) is 0.831. The van der Waals surface area contributed by atoms with Gasteiger partial charge in [-0.3, -0.25) is 0 Å². The van der Waals surface area contributed by atoms with E-state index in [2.05, 4.69) is 18.2 Å². The molecule has 1 fully saturated rings. The fourth-order valence-electron chi connectivity index (χ4n) is 2.73. The van der Waals surface area contributed by atoms with Crippen molar-refractivity contribution >= 4 is 0 Å². The first-order valence-corrected chi connectivity index (χ1v) is 4.97. The van der Waals surface area contributed by atoms with Gasteiger partial charge in [0.2, 0.25) is 0 Å². The Morgan fingerprint density at radius 2 is 2.25 bits per heavy atom. The van der Waals surface area contributed by atoms with Crippen molar-refractivity contribution in [2.75, 3.05) is 0 Å². The lowest BCUT2D eigenvalue weighted by Crippen LogP contribution is -2.16. The molecule has 1 heteroatoms. The number of allylic oxidation sites excluding steroid dienone is 2. The van der Waals surface area contributed by atoms with Crippen molar-refractivity contribution in [1.29, 1.82) is 0 Å². The van der Waals surface area contributed by atoms with Crippen LogP contribution in [0, 0.1) is 5.92 Å². The Bertz CT molecular complexity index is 252. The summed E-state index contributed by atoms with van der Waals surface area (Å²) in [4.78, 5) is 0. The van der Waals surface area contributed by atoms with Gasteiger partial charge in [-0.2, -0.15) is 0 Å². The van der Waals surface area contributed by atoms with Gasteiger partial charge in [0.05, 0.1) is 12.2 Å². The number of ether oxygens (including phenoxy) is 1. The summed E-state index contributed by atoms with van der Waals surface area (Å²) in [5, 5.41) is 0. The maximum Gasteiger partial charge on any atom is 0.0830 e. The lowest BCUT2D eigenvalue weighted by atomic mass is 9.87. The summed E-state index contributed by atoms with van der Waals surface area (Å²) in [6, 6.07) is 0. The zero-order valence-corrected chi connectivity index (χ0v) is 7.20. The van der Waals surface area contributed by atoms with E-state index in [0.717, 1.165) is 5.92 Å². The van der Waals surface area contributed by atoms with Crippen LogP contribution in [0.4, 0.5) is 0 Å². The van der Waals surface area contributed by atoms with Gasteiger partial charge < -0.3 is 4.74 Å². The highest BCUT2D eigenvalue weighted by atomic mass is 16.5. The number of rotatable bonds is 0. The molecule has 0 amide bonds. The summed E-state index contributed by atoms with van der Waals surface area (Å²) in [5.41, 5.74) is 1.62. The fourth-order valence-corrected chi connectivity index (χ4v) is 2.73. The molecule has 3 aliphatic rings. The Kier molecular flexibility index (Phi) is 1.42.